The largest absolute Gasteiger partial charge is 0.383 e. The Morgan fingerprint density at radius 3 is 3.00 bits per heavy atom. The number of rotatable bonds is 3. The molecule has 2 nitrogen and oxygen atoms in total. The first-order valence-electron chi connectivity index (χ1n) is 5.23. The van der Waals surface area contributed by atoms with Crippen molar-refractivity contribution in [1.29, 1.82) is 0 Å². The number of hydrogen-bond donors (Lipinski definition) is 1. The summed E-state index contributed by atoms with van der Waals surface area (Å²) in [6.45, 7) is 2.07. The van der Waals surface area contributed by atoms with Gasteiger partial charge in [-0.3, -0.25) is 0 Å². The van der Waals surface area contributed by atoms with Crippen LogP contribution in [0.4, 0.5) is 0 Å². The van der Waals surface area contributed by atoms with E-state index in [1.807, 2.05) is 7.11 Å². The van der Waals surface area contributed by atoms with Crippen molar-refractivity contribution in [3.63, 3.8) is 0 Å². The summed E-state index contributed by atoms with van der Waals surface area (Å²) in [5.74, 6) is 1.35. The van der Waals surface area contributed by atoms with Crippen LogP contribution in [0.3, 0.4) is 0 Å². The van der Waals surface area contributed by atoms with Gasteiger partial charge in [-0.2, -0.15) is 11.8 Å². The van der Waals surface area contributed by atoms with Gasteiger partial charge in [0.1, 0.15) is 0 Å². The van der Waals surface area contributed by atoms with Gasteiger partial charge in [0.2, 0.25) is 0 Å². The summed E-state index contributed by atoms with van der Waals surface area (Å²) in [6.07, 6.45) is 5.39. The van der Waals surface area contributed by atoms with E-state index in [4.69, 9.17) is 4.74 Å². The Hall–Kier alpha value is 0.270. The maximum Gasteiger partial charge on any atom is 0.0655 e. The van der Waals surface area contributed by atoms with E-state index in [1.54, 1.807) is 0 Å². The van der Waals surface area contributed by atoms with Crippen LogP contribution in [-0.2, 0) is 4.74 Å². The zero-order valence-electron chi connectivity index (χ0n) is 8.34. The predicted molar refractivity (Wildman–Crippen MR) is 57.3 cm³/mol. The monoisotopic (exact) mass is 201 g/mol. The highest BCUT2D eigenvalue weighted by atomic mass is 32.2. The molecule has 0 aliphatic carbocycles. The summed E-state index contributed by atoms with van der Waals surface area (Å²) in [4.78, 5) is 0. The molecule has 76 valence electrons. The summed E-state index contributed by atoms with van der Waals surface area (Å²) < 4.78 is 5.37. The van der Waals surface area contributed by atoms with Crippen molar-refractivity contribution in [2.24, 2.45) is 0 Å². The fourth-order valence-corrected chi connectivity index (χ4v) is 4.13. The van der Waals surface area contributed by atoms with Gasteiger partial charge in [0.15, 0.2) is 0 Å². The van der Waals surface area contributed by atoms with Crippen LogP contribution < -0.4 is 5.32 Å². The molecule has 2 rings (SSSR count). The zero-order chi connectivity index (χ0) is 9.15. The van der Waals surface area contributed by atoms with E-state index >= 15 is 0 Å². The van der Waals surface area contributed by atoms with E-state index in [2.05, 4.69) is 17.1 Å². The Bertz CT molecular complexity index is 162. The molecule has 2 unspecified atom stereocenters. The molecule has 0 aromatic carbocycles. The molecular weight excluding hydrogens is 182 g/mol. The first-order valence-corrected chi connectivity index (χ1v) is 6.28. The Balaban J connectivity index is 2.02. The van der Waals surface area contributed by atoms with Crippen LogP contribution in [-0.4, -0.2) is 36.8 Å². The second-order valence-electron chi connectivity index (χ2n) is 4.12. The molecule has 2 fully saturated rings. The molecule has 3 heteroatoms. The lowest BCUT2D eigenvalue weighted by Gasteiger charge is -2.34. The molecule has 0 radical (unpaired) electrons. The summed E-state index contributed by atoms with van der Waals surface area (Å²) in [6, 6.07) is 0. The first kappa shape index (κ1) is 9.81. The van der Waals surface area contributed by atoms with Crippen LogP contribution in [0.5, 0.6) is 0 Å². The van der Waals surface area contributed by atoms with Crippen molar-refractivity contribution < 1.29 is 4.74 Å². The third-order valence-corrected chi connectivity index (χ3v) is 4.84. The number of nitrogens with one attached hydrogen (secondary N) is 1. The second kappa shape index (κ2) is 4.20. The summed E-state index contributed by atoms with van der Waals surface area (Å²) in [7, 11) is 1.82. The van der Waals surface area contributed by atoms with Gasteiger partial charge in [-0.25, -0.2) is 0 Å². The number of thioether (sulfide) groups is 1. The highest BCUT2D eigenvalue weighted by Crippen LogP contribution is 2.39. The lowest BCUT2D eigenvalue weighted by Crippen LogP contribution is -2.51. The molecular formula is C10H19NOS. The average Bonchev–Trinajstić information content (AvgIpc) is 2.73. The van der Waals surface area contributed by atoms with Gasteiger partial charge < -0.3 is 10.1 Å². The number of ether oxygens (including phenoxy) is 1. The molecule has 0 amide bonds. The molecule has 2 aliphatic rings. The van der Waals surface area contributed by atoms with Gasteiger partial charge in [-0.1, -0.05) is 0 Å². The van der Waals surface area contributed by atoms with Crippen LogP contribution in [0.2, 0.25) is 0 Å². The van der Waals surface area contributed by atoms with Crippen molar-refractivity contribution in [1.82, 2.24) is 5.32 Å². The maximum atomic E-state index is 5.37. The minimum absolute atomic E-state index is 0.315. The molecule has 0 aromatic heterocycles. The highest BCUT2D eigenvalue weighted by molar-refractivity contribution is 8.00. The molecule has 1 N–H and O–H groups in total. The third kappa shape index (κ3) is 1.88. The smallest absolute Gasteiger partial charge is 0.0655 e. The van der Waals surface area contributed by atoms with E-state index in [0.717, 1.165) is 11.9 Å². The maximum absolute atomic E-state index is 5.37. The summed E-state index contributed by atoms with van der Waals surface area (Å²) >= 11 is 2.14. The van der Waals surface area contributed by atoms with Crippen molar-refractivity contribution in [3.8, 4) is 0 Å². The van der Waals surface area contributed by atoms with Crippen molar-refractivity contribution in [3.05, 3.63) is 0 Å². The van der Waals surface area contributed by atoms with Gasteiger partial charge in [0, 0.05) is 12.4 Å². The van der Waals surface area contributed by atoms with Gasteiger partial charge in [-0.05, 0) is 38.0 Å². The molecule has 0 saturated carbocycles. The predicted octanol–water partition coefficient (Wildman–Crippen LogP) is 1.65. The quantitative estimate of drug-likeness (QED) is 0.750. The van der Waals surface area contributed by atoms with E-state index in [1.165, 1.54) is 38.0 Å². The Morgan fingerprint density at radius 2 is 2.46 bits per heavy atom. The second-order valence-corrected chi connectivity index (χ2v) is 5.43. The van der Waals surface area contributed by atoms with E-state index in [0.29, 0.717) is 5.54 Å². The Kier molecular flexibility index (Phi) is 3.17. The highest BCUT2D eigenvalue weighted by Gasteiger charge is 2.42. The molecule has 2 atom stereocenters. The van der Waals surface area contributed by atoms with Crippen LogP contribution in [0.15, 0.2) is 0 Å². The van der Waals surface area contributed by atoms with Crippen molar-refractivity contribution in [2.75, 3.05) is 26.0 Å². The summed E-state index contributed by atoms with van der Waals surface area (Å²) in [5.41, 5.74) is 0.315. The summed E-state index contributed by atoms with van der Waals surface area (Å²) in [5, 5.41) is 4.47. The van der Waals surface area contributed by atoms with Crippen LogP contribution >= 0.6 is 11.8 Å². The lowest BCUT2D eigenvalue weighted by atomic mass is 9.91. The van der Waals surface area contributed by atoms with Gasteiger partial charge in [0.05, 0.1) is 12.1 Å². The van der Waals surface area contributed by atoms with E-state index < -0.39 is 0 Å². The molecule has 0 bridgehead atoms. The SMILES string of the molecule is COCC1(C2CCCS2)CCCN1. The van der Waals surface area contributed by atoms with E-state index in [-0.39, 0.29) is 0 Å². The topological polar surface area (TPSA) is 21.3 Å². The van der Waals surface area contributed by atoms with Crippen LogP contribution in [0.25, 0.3) is 0 Å². The molecule has 0 aromatic rings. The Labute approximate surface area is 84.8 Å². The fourth-order valence-electron chi connectivity index (χ4n) is 2.59. The van der Waals surface area contributed by atoms with Crippen LogP contribution in [0.1, 0.15) is 25.7 Å². The number of hydrogen-bond acceptors (Lipinski definition) is 3. The first-order chi connectivity index (χ1) is 6.37. The lowest BCUT2D eigenvalue weighted by molar-refractivity contribution is 0.118. The molecule has 2 aliphatic heterocycles. The van der Waals surface area contributed by atoms with Gasteiger partial charge in [-0.15, -0.1) is 0 Å². The minimum atomic E-state index is 0.315. The van der Waals surface area contributed by atoms with Gasteiger partial charge in [0.25, 0.3) is 0 Å². The molecule has 0 spiro atoms. The zero-order valence-corrected chi connectivity index (χ0v) is 9.16. The standard InChI is InChI=1S/C10H19NOS/c1-12-8-10(5-3-6-11-10)9-4-2-7-13-9/h9,11H,2-8H2,1H3. The molecule has 2 saturated heterocycles. The Morgan fingerprint density at radius 1 is 1.54 bits per heavy atom. The molecule has 2 heterocycles. The normalized spacial score (nSPS) is 39.9. The third-order valence-electron chi connectivity index (χ3n) is 3.22. The van der Waals surface area contributed by atoms with Gasteiger partial charge >= 0.3 is 0 Å². The van der Waals surface area contributed by atoms with Crippen molar-refractivity contribution in [2.45, 2.75) is 36.5 Å². The number of methoxy groups -OCH3 is 1. The fraction of sp³-hybridized carbons (Fsp3) is 1.00. The van der Waals surface area contributed by atoms with Crippen LogP contribution in [0, 0.1) is 0 Å². The minimum Gasteiger partial charge on any atom is -0.383 e. The van der Waals surface area contributed by atoms with Crippen molar-refractivity contribution >= 4 is 11.8 Å². The van der Waals surface area contributed by atoms with E-state index in [9.17, 15) is 0 Å². The average molecular weight is 201 g/mol. The molecule has 13 heavy (non-hydrogen) atoms.